The SMILES string of the molecule is CCN(CC)CCCNC(=O)c1cc(-c2cnc(N(C)C)nc2)cn1CC1CC1. The highest BCUT2D eigenvalue weighted by atomic mass is 16.1. The average Bonchev–Trinajstić information content (AvgIpc) is 3.44. The van der Waals surface area contributed by atoms with Gasteiger partial charge in [0.2, 0.25) is 5.95 Å². The second-order valence-corrected chi connectivity index (χ2v) is 8.01. The van der Waals surface area contributed by atoms with Crippen molar-refractivity contribution in [2.45, 2.75) is 39.7 Å². The number of aromatic nitrogens is 3. The van der Waals surface area contributed by atoms with E-state index in [2.05, 4.69) is 44.8 Å². The van der Waals surface area contributed by atoms with Crippen LogP contribution in [0.2, 0.25) is 0 Å². The van der Waals surface area contributed by atoms with E-state index >= 15 is 0 Å². The maximum absolute atomic E-state index is 12.9. The fraction of sp³-hybridized carbons (Fsp3) is 0.591. The van der Waals surface area contributed by atoms with Gasteiger partial charge in [-0.25, -0.2) is 9.97 Å². The lowest BCUT2D eigenvalue weighted by Gasteiger charge is -2.17. The van der Waals surface area contributed by atoms with Gasteiger partial charge in [0.1, 0.15) is 5.69 Å². The zero-order valence-corrected chi connectivity index (χ0v) is 18.2. The Balaban J connectivity index is 1.68. The number of amides is 1. The standard InChI is InChI=1S/C22H34N6O/c1-5-27(6-2)11-7-10-23-21(29)20-12-18(16-28(20)15-17-8-9-17)19-13-24-22(25-14-19)26(3)4/h12-14,16-17H,5-11,15H2,1-4H3,(H,23,29). The van der Waals surface area contributed by atoms with Crippen LogP contribution in [0.5, 0.6) is 0 Å². The van der Waals surface area contributed by atoms with E-state index in [1.807, 2.05) is 37.5 Å². The molecule has 7 heteroatoms. The fourth-order valence-electron chi connectivity index (χ4n) is 3.42. The van der Waals surface area contributed by atoms with Gasteiger partial charge in [-0.2, -0.15) is 0 Å². The predicted octanol–water partition coefficient (Wildman–Crippen LogP) is 2.88. The number of nitrogens with one attached hydrogen (secondary N) is 1. The van der Waals surface area contributed by atoms with E-state index in [9.17, 15) is 4.79 Å². The van der Waals surface area contributed by atoms with Crippen LogP contribution in [-0.2, 0) is 6.54 Å². The molecule has 1 fully saturated rings. The van der Waals surface area contributed by atoms with Gasteiger partial charge in [0.25, 0.3) is 5.91 Å². The Morgan fingerprint density at radius 3 is 2.45 bits per heavy atom. The van der Waals surface area contributed by atoms with Gasteiger partial charge in [0.15, 0.2) is 0 Å². The largest absolute Gasteiger partial charge is 0.351 e. The molecule has 3 rings (SSSR count). The minimum absolute atomic E-state index is 0.00211. The molecular formula is C22H34N6O. The van der Waals surface area contributed by atoms with Crippen LogP contribution in [0.4, 0.5) is 5.95 Å². The van der Waals surface area contributed by atoms with Gasteiger partial charge in [-0.05, 0) is 50.9 Å². The fourth-order valence-corrected chi connectivity index (χ4v) is 3.42. The molecule has 0 saturated heterocycles. The molecular weight excluding hydrogens is 364 g/mol. The molecule has 1 saturated carbocycles. The first-order valence-corrected chi connectivity index (χ1v) is 10.7. The molecule has 1 N–H and O–H groups in total. The lowest BCUT2D eigenvalue weighted by atomic mass is 10.2. The Bertz CT molecular complexity index is 790. The van der Waals surface area contributed by atoms with Crippen LogP contribution < -0.4 is 10.2 Å². The third-order valence-corrected chi connectivity index (χ3v) is 5.48. The molecule has 0 spiro atoms. The van der Waals surface area contributed by atoms with Gasteiger partial charge in [0.05, 0.1) is 0 Å². The monoisotopic (exact) mass is 398 g/mol. The highest BCUT2D eigenvalue weighted by Gasteiger charge is 2.24. The Morgan fingerprint density at radius 2 is 1.86 bits per heavy atom. The minimum Gasteiger partial charge on any atom is -0.351 e. The van der Waals surface area contributed by atoms with Crippen molar-refractivity contribution in [3.63, 3.8) is 0 Å². The van der Waals surface area contributed by atoms with Gasteiger partial charge in [-0.1, -0.05) is 13.8 Å². The van der Waals surface area contributed by atoms with Gasteiger partial charge in [-0.15, -0.1) is 0 Å². The molecule has 1 aliphatic carbocycles. The first-order chi connectivity index (χ1) is 14.0. The predicted molar refractivity (Wildman–Crippen MR) is 117 cm³/mol. The molecule has 29 heavy (non-hydrogen) atoms. The number of carbonyl (C=O) groups excluding carboxylic acids is 1. The summed E-state index contributed by atoms with van der Waals surface area (Å²) in [6.45, 7) is 9.04. The average molecular weight is 399 g/mol. The molecule has 7 nitrogen and oxygen atoms in total. The molecule has 158 valence electrons. The third kappa shape index (κ3) is 5.79. The number of carbonyl (C=O) groups is 1. The Labute approximate surface area is 174 Å². The molecule has 2 heterocycles. The molecule has 1 aliphatic rings. The van der Waals surface area contributed by atoms with Crippen LogP contribution in [-0.4, -0.2) is 65.6 Å². The number of nitrogens with zero attached hydrogens (tertiary/aromatic N) is 5. The summed E-state index contributed by atoms with van der Waals surface area (Å²) in [7, 11) is 3.84. The van der Waals surface area contributed by atoms with E-state index in [4.69, 9.17) is 0 Å². The lowest BCUT2D eigenvalue weighted by Crippen LogP contribution is -2.31. The summed E-state index contributed by atoms with van der Waals surface area (Å²) in [5.74, 6) is 1.37. The smallest absolute Gasteiger partial charge is 0.267 e. The van der Waals surface area contributed by atoms with Crippen molar-refractivity contribution in [2.75, 3.05) is 45.2 Å². The summed E-state index contributed by atoms with van der Waals surface area (Å²) in [5.41, 5.74) is 2.65. The normalized spacial score (nSPS) is 13.7. The van der Waals surface area contributed by atoms with E-state index in [1.165, 1.54) is 12.8 Å². The molecule has 0 aromatic carbocycles. The van der Waals surface area contributed by atoms with E-state index in [-0.39, 0.29) is 5.91 Å². The second kappa shape index (κ2) is 9.87. The summed E-state index contributed by atoms with van der Waals surface area (Å²) in [4.78, 5) is 25.9. The first kappa shape index (κ1) is 21.3. The van der Waals surface area contributed by atoms with Crippen LogP contribution in [0.1, 0.15) is 43.6 Å². The van der Waals surface area contributed by atoms with Crippen molar-refractivity contribution < 1.29 is 4.79 Å². The van der Waals surface area contributed by atoms with E-state index in [0.29, 0.717) is 18.4 Å². The summed E-state index contributed by atoms with van der Waals surface area (Å²) < 4.78 is 2.10. The van der Waals surface area contributed by atoms with Crippen molar-refractivity contribution in [2.24, 2.45) is 5.92 Å². The quantitative estimate of drug-likeness (QED) is 0.590. The second-order valence-electron chi connectivity index (χ2n) is 8.01. The lowest BCUT2D eigenvalue weighted by molar-refractivity contribution is 0.0942. The summed E-state index contributed by atoms with van der Waals surface area (Å²) >= 11 is 0. The van der Waals surface area contributed by atoms with Crippen LogP contribution in [0.25, 0.3) is 11.1 Å². The Kier molecular flexibility index (Phi) is 7.25. The topological polar surface area (TPSA) is 66.3 Å². The zero-order chi connectivity index (χ0) is 20.8. The van der Waals surface area contributed by atoms with Crippen LogP contribution in [0.3, 0.4) is 0 Å². The van der Waals surface area contributed by atoms with Crippen molar-refractivity contribution >= 4 is 11.9 Å². The van der Waals surface area contributed by atoms with Crippen molar-refractivity contribution in [1.29, 1.82) is 0 Å². The highest BCUT2D eigenvalue weighted by molar-refractivity contribution is 5.94. The van der Waals surface area contributed by atoms with Crippen LogP contribution >= 0.6 is 0 Å². The molecule has 1 amide bonds. The molecule has 0 atom stereocenters. The van der Waals surface area contributed by atoms with Gasteiger partial charge in [-0.3, -0.25) is 4.79 Å². The number of anilines is 1. The highest BCUT2D eigenvalue weighted by Crippen LogP contribution is 2.32. The molecule has 0 aliphatic heterocycles. The molecule has 2 aromatic rings. The number of rotatable bonds is 11. The minimum atomic E-state index is 0.00211. The molecule has 0 unspecified atom stereocenters. The maximum atomic E-state index is 12.9. The zero-order valence-electron chi connectivity index (χ0n) is 18.2. The number of hydrogen-bond donors (Lipinski definition) is 1. The Hall–Kier alpha value is -2.41. The van der Waals surface area contributed by atoms with Gasteiger partial charge < -0.3 is 19.7 Å². The molecule has 2 aromatic heterocycles. The molecule has 0 radical (unpaired) electrons. The van der Waals surface area contributed by atoms with E-state index in [1.54, 1.807) is 0 Å². The van der Waals surface area contributed by atoms with Crippen LogP contribution in [0.15, 0.2) is 24.7 Å². The van der Waals surface area contributed by atoms with Gasteiger partial charge >= 0.3 is 0 Å². The van der Waals surface area contributed by atoms with Crippen LogP contribution in [0, 0.1) is 5.92 Å². The summed E-state index contributed by atoms with van der Waals surface area (Å²) in [5, 5.41) is 3.10. The molecule has 0 bridgehead atoms. The van der Waals surface area contributed by atoms with Crippen molar-refractivity contribution in [1.82, 2.24) is 24.8 Å². The Morgan fingerprint density at radius 1 is 1.17 bits per heavy atom. The van der Waals surface area contributed by atoms with E-state index in [0.717, 1.165) is 49.4 Å². The first-order valence-electron chi connectivity index (χ1n) is 10.7. The number of hydrogen-bond acceptors (Lipinski definition) is 5. The van der Waals surface area contributed by atoms with Crippen molar-refractivity contribution in [3.8, 4) is 11.1 Å². The van der Waals surface area contributed by atoms with Gasteiger partial charge in [0, 0.05) is 56.9 Å². The van der Waals surface area contributed by atoms with Crippen molar-refractivity contribution in [3.05, 3.63) is 30.4 Å². The third-order valence-electron chi connectivity index (χ3n) is 5.48. The van der Waals surface area contributed by atoms with E-state index < -0.39 is 0 Å². The summed E-state index contributed by atoms with van der Waals surface area (Å²) in [6.07, 6.45) is 9.18. The summed E-state index contributed by atoms with van der Waals surface area (Å²) in [6, 6.07) is 1.97. The maximum Gasteiger partial charge on any atom is 0.267 e.